The van der Waals surface area contributed by atoms with Gasteiger partial charge in [0.05, 0.1) is 43.6 Å². The van der Waals surface area contributed by atoms with E-state index in [1.807, 2.05) is 21.8 Å². The number of sulfone groups is 1. The van der Waals surface area contributed by atoms with Crippen LogP contribution in [0.3, 0.4) is 0 Å². The molecule has 0 radical (unpaired) electrons. The van der Waals surface area contributed by atoms with E-state index in [0.29, 0.717) is 25.3 Å². The number of likely N-dealkylation sites (tertiary alicyclic amines) is 1. The zero-order chi connectivity index (χ0) is 40.4. The van der Waals surface area contributed by atoms with Crippen molar-refractivity contribution >= 4 is 27.5 Å². The number of rotatable bonds is 12. The second kappa shape index (κ2) is 16.8. The Balaban J connectivity index is 1.03. The van der Waals surface area contributed by atoms with Crippen LogP contribution in [0.4, 0.5) is 19.3 Å². The van der Waals surface area contributed by atoms with E-state index in [9.17, 15) is 18.0 Å². The van der Waals surface area contributed by atoms with Gasteiger partial charge in [0.15, 0.2) is 9.84 Å². The standard InChI is InChI=1S/C41H53F2N7O6S/c1-4-38(51)48-19-20-56-24-33(23-48)57(53,54)32-11-12-37(35(43)22-32)49-26-40(2,27-49)25-47-16-13-29(14-17-47)41(28-50-18-15-44-46-50,30-7-5-8-31(42)21-30)34-9-6-10-36(34)45-39(52)55-3/h4-5,7-8,11-12,15,18,21-22,29,33-34,36H,1,6,9-10,13-14,16-17,19-20,23-28H2,2-3H3,(H,45,52)/t33-,34-,36-,41-/m0/s1. The van der Waals surface area contributed by atoms with Crippen LogP contribution in [0.15, 0.2) is 72.4 Å². The molecule has 1 saturated carbocycles. The minimum Gasteiger partial charge on any atom is -0.453 e. The van der Waals surface area contributed by atoms with Gasteiger partial charge in [-0.05, 0) is 92.6 Å². The zero-order valence-electron chi connectivity index (χ0n) is 32.7. The van der Waals surface area contributed by atoms with E-state index in [2.05, 4.69) is 34.0 Å². The topological polar surface area (TPSA) is 139 Å². The van der Waals surface area contributed by atoms with Crippen LogP contribution < -0.4 is 10.2 Å². The lowest BCUT2D eigenvalue weighted by atomic mass is 9.58. The number of nitrogens with zero attached hydrogens (tertiary/aromatic N) is 6. The molecular weight excluding hydrogens is 757 g/mol. The van der Waals surface area contributed by atoms with E-state index in [0.717, 1.165) is 69.4 Å². The van der Waals surface area contributed by atoms with E-state index >= 15 is 8.78 Å². The Hall–Kier alpha value is -4.41. The number of aromatic nitrogens is 3. The van der Waals surface area contributed by atoms with E-state index in [4.69, 9.17) is 9.47 Å². The third kappa shape index (κ3) is 8.44. The molecule has 7 rings (SSSR count). The van der Waals surface area contributed by atoms with E-state index in [1.54, 1.807) is 18.3 Å². The van der Waals surface area contributed by atoms with Gasteiger partial charge in [-0.25, -0.2) is 22.0 Å². The van der Waals surface area contributed by atoms with E-state index in [-0.39, 0.29) is 66.2 Å². The molecule has 0 bridgehead atoms. The number of nitrogens with one attached hydrogen (secondary N) is 1. The highest BCUT2D eigenvalue weighted by atomic mass is 32.2. The van der Waals surface area contributed by atoms with Crippen LogP contribution in [0, 0.1) is 28.9 Å². The largest absolute Gasteiger partial charge is 0.453 e. The molecule has 4 heterocycles. The number of piperidine rings is 1. The number of amides is 2. The molecule has 3 saturated heterocycles. The maximum absolute atomic E-state index is 15.7. The summed E-state index contributed by atoms with van der Waals surface area (Å²) in [7, 11) is -2.62. The summed E-state index contributed by atoms with van der Waals surface area (Å²) >= 11 is 0. The molecule has 308 valence electrons. The predicted octanol–water partition coefficient (Wildman–Crippen LogP) is 4.44. The van der Waals surface area contributed by atoms with Crippen LogP contribution in [0.2, 0.25) is 0 Å². The minimum atomic E-state index is -3.99. The molecule has 2 amide bonds. The number of ether oxygens (including phenoxy) is 2. The SMILES string of the molecule is C=CC(=O)N1CCOC[C@@H](S(=O)(=O)c2ccc(N3CC(C)(CN4CCC([C@@](Cn5ccnn5)(c5cccc(F)c5)[C@H]5CCC[C@@H]5NC(=O)OC)CC4)C3)c(F)c2)C1. The van der Waals surface area contributed by atoms with Gasteiger partial charge >= 0.3 is 6.09 Å². The molecule has 4 atom stereocenters. The van der Waals surface area contributed by atoms with Gasteiger partial charge in [0, 0.05) is 55.8 Å². The molecule has 3 aromatic rings. The first-order chi connectivity index (χ1) is 27.3. The van der Waals surface area contributed by atoms with Crippen molar-refractivity contribution in [3.8, 4) is 0 Å². The van der Waals surface area contributed by atoms with Crippen LogP contribution in [0.1, 0.15) is 44.6 Å². The Morgan fingerprint density at radius 1 is 1.11 bits per heavy atom. The van der Waals surface area contributed by atoms with Crippen molar-refractivity contribution in [2.45, 2.75) is 67.2 Å². The quantitative estimate of drug-likeness (QED) is 0.262. The van der Waals surface area contributed by atoms with Crippen LogP contribution in [0.5, 0.6) is 0 Å². The molecule has 1 N–H and O–H groups in total. The predicted molar refractivity (Wildman–Crippen MR) is 209 cm³/mol. The number of carbonyl (C=O) groups excluding carboxylic acids is 2. The molecule has 4 fully saturated rings. The molecule has 1 aliphatic carbocycles. The summed E-state index contributed by atoms with van der Waals surface area (Å²) in [4.78, 5) is 30.4. The Labute approximate surface area is 333 Å². The first kappa shape index (κ1) is 40.8. The average molecular weight is 810 g/mol. The average Bonchev–Trinajstić information content (AvgIpc) is 3.82. The minimum absolute atomic E-state index is 0.00443. The van der Waals surface area contributed by atoms with Gasteiger partial charge in [0.25, 0.3) is 0 Å². The van der Waals surface area contributed by atoms with E-state index in [1.165, 1.54) is 30.2 Å². The second-order valence-corrected chi connectivity index (χ2v) is 18.7. The summed E-state index contributed by atoms with van der Waals surface area (Å²) in [6, 6.07) is 10.8. The number of hydrogen-bond donors (Lipinski definition) is 1. The van der Waals surface area contributed by atoms with Crippen LogP contribution >= 0.6 is 0 Å². The summed E-state index contributed by atoms with van der Waals surface area (Å²) in [6.45, 7) is 10.2. The van der Waals surface area contributed by atoms with Crippen LogP contribution in [0.25, 0.3) is 0 Å². The Morgan fingerprint density at radius 3 is 2.58 bits per heavy atom. The lowest BCUT2D eigenvalue weighted by Crippen LogP contribution is -2.61. The molecular formula is C41H53F2N7O6S. The molecule has 4 aliphatic rings. The molecule has 57 heavy (non-hydrogen) atoms. The highest BCUT2D eigenvalue weighted by Crippen LogP contribution is 2.52. The van der Waals surface area contributed by atoms with Gasteiger partial charge < -0.3 is 29.5 Å². The van der Waals surface area contributed by atoms with Gasteiger partial charge in [-0.2, -0.15) is 0 Å². The first-order valence-corrected chi connectivity index (χ1v) is 21.3. The second-order valence-electron chi connectivity index (χ2n) is 16.5. The monoisotopic (exact) mass is 809 g/mol. The number of hydrogen-bond acceptors (Lipinski definition) is 10. The number of methoxy groups -OCH3 is 1. The molecule has 0 spiro atoms. The Kier molecular flexibility index (Phi) is 12.0. The normalized spacial score (nSPS) is 24.2. The fourth-order valence-corrected chi connectivity index (χ4v) is 11.7. The molecule has 16 heteroatoms. The lowest BCUT2D eigenvalue weighted by Gasteiger charge is -2.54. The highest BCUT2D eigenvalue weighted by molar-refractivity contribution is 7.92. The highest BCUT2D eigenvalue weighted by Gasteiger charge is 2.53. The third-order valence-electron chi connectivity index (χ3n) is 12.7. The molecule has 3 aliphatic heterocycles. The van der Waals surface area contributed by atoms with Gasteiger partial charge in [0.2, 0.25) is 5.91 Å². The molecule has 0 unspecified atom stereocenters. The van der Waals surface area contributed by atoms with Crippen molar-refractivity contribution in [1.82, 2.24) is 30.1 Å². The summed E-state index contributed by atoms with van der Waals surface area (Å²) in [5.41, 5.74) is 0.578. The van der Waals surface area contributed by atoms with Crippen molar-refractivity contribution < 1.29 is 36.3 Å². The molecule has 13 nitrogen and oxygen atoms in total. The van der Waals surface area contributed by atoms with Crippen molar-refractivity contribution in [3.05, 3.63) is 84.7 Å². The summed E-state index contributed by atoms with van der Waals surface area (Å²) in [5, 5.41) is 10.5. The maximum Gasteiger partial charge on any atom is 0.407 e. The number of anilines is 1. The van der Waals surface area contributed by atoms with Crippen molar-refractivity contribution in [1.29, 1.82) is 0 Å². The van der Waals surface area contributed by atoms with Crippen molar-refractivity contribution in [2.75, 3.05) is 71.0 Å². The number of benzene rings is 2. The van der Waals surface area contributed by atoms with Crippen LogP contribution in [-0.4, -0.2) is 123 Å². The Bertz CT molecular complexity index is 2020. The third-order valence-corrected chi connectivity index (χ3v) is 14.8. The smallest absolute Gasteiger partial charge is 0.407 e. The number of alkyl carbamates (subject to hydrolysis) is 1. The van der Waals surface area contributed by atoms with Gasteiger partial charge in [-0.15, -0.1) is 5.10 Å². The summed E-state index contributed by atoms with van der Waals surface area (Å²) < 4.78 is 70.2. The van der Waals surface area contributed by atoms with Crippen molar-refractivity contribution in [2.24, 2.45) is 17.3 Å². The van der Waals surface area contributed by atoms with Gasteiger partial charge in [-0.1, -0.05) is 37.3 Å². The fourth-order valence-electron chi connectivity index (χ4n) is 10.1. The fraction of sp³-hybridized carbons (Fsp3) is 0.561. The summed E-state index contributed by atoms with van der Waals surface area (Å²) in [6.07, 6.45) is 8.45. The lowest BCUT2D eigenvalue weighted by molar-refractivity contribution is -0.126. The molecule has 2 aromatic carbocycles. The first-order valence-electron chi connectivity index (χ1n) is 19.8. The maximum atomic E-state index is 15.7. The zero-order valence-corrected chi connectivity index (χ0v) is 33.5. The molecule has 1 aromatic heterocycles. The van der Waals surface area contributed by atoms with Gasteiger partial charge in [0.1, 0.15) is 16.9 Å². The number of carbonyl (C=O) groups is 2. The van der Waals surface area contributed by atoms with E-state index < -0.39 is 32.4 Å². The van der Waals surface area contributed by atoms with Crippen LogP contribution in [-0.2, 0) is 36.1 Å². The summed E-state index contributed by atoms with van der Waals surface area (Å²) in [5.74, 6) is -1.14. The van der Waals surface area contributed by atoms with Crippen molar-refractivity contribution in [3.63, 3.8) is 0 Å². The number of halogens is 2. The Morgan fingerprint density at radius 2 is 1.89 bits per heavy atom. The van der Waals surface area contributed by atoms with Gasteiger partial charge in [-0.3, -0.25) is 9.48 Å².